The smallest absolute Gasteiger partial charge is 0.293 e. The minimum atomic E-state index is -0.387. The molecule has 10 heteroatoms. The number of benzene rings is 2. The molecule has 0 unspecified atom stereocenters. The Hall–Kier alpha value is -3.92. The summed E-state index contributed by atoms with van der Waals surface area (Å²) >= 11 is 0.887. The fourth-order valence-corrected chi connectivity index (χ4v) is 3.96. The first-order chi connectivity index (χ1) is 16.0. The summed E-state index contributed by atoms with van der Waals surface area (Å²) in [5, 5.41) is 6.12. The summed E-state index contributed by atoms with van der Waals surface area (Å²) in [6.07, 6.45) is 1.68. The van der Waals surface area contributed by atoms with E-state index in [4.69, 9.17) is 9.26 Å². The third kappa shape index (κ3) is 5.47. The number of thioether (sulfide) groups is 1. The van der Waals surface area contributed by atoms with Crippen molar-refractivity contribution in [3.05, 3.63) is 82.3 Å². The van der Waals surface area contributed by atoms with Crippen LogP contribution in [0.25, 0.3) is 6.08 Å². The Labute approximate surface area is 193 Å². The van der Waals surface area contributed by atoms with E-state index >= 15 is 0 Å². The standard InChI is InChI=1S/C23H20N4O5S/c1-15-25-20(26-32-15)14-31-18-10-6-5-9-17(18)21(28)24-11-12-27-22(29)19(33-23(27)30)13-16-7-3-2-4-8-16/h2-10,13H,11-12,14H2,1H3,(H,24,28)/b19-13-. The van der Waals surface area contributed by atoms with E-state index in [0.717, 1.165) is 22.2 Å². The maximum Gasteiger partial charge on any atom is 0.293 e. The summed E-state index contributed by atoms with van der Waals surface area (Å²) in [5.41, 5.74) is 1.15. The molecule has 0 bridgehead atoms. The lowest BCUT2D eigenvalue weighted by Crippen LogP contribution is -2.37. The van der Waals surface area contributed by atoms with Crippen LogP contribution in [-0.2, 0) is 11.4 Å². The number of imide groups is 1. The first-order valence-corrected chi connectivity index (χ1v) is 10.9. The van der Waals surface area contributed by atoms with E-state index in [1.165, 1.54) is 0 Å². The molecule has 3 aromatic rings. The minimum absolute atomic E-state index is 0.0478. The molecule has 0 aliphatic carbocycles. The van der Waals surface area contributed by atoms with E-state index in [9.17, 15) is 14.4 Å². The van der Waals surface area contributed by atoms with E-state index in [-0.39, 0.29) is 36.7 Å². The minimum Gasteiger partial charge on any atom is -0.485 e. The number of amides is 3. The van der Waals surface area contributed by atoms with Gasteiger partial charge < -0.3 is 14.6 Å². The molecule has 9 nitrogen and oxygen atoms in total. The van der Waals surface area contributed by atoms with Crippen LogP contribution in [0, 0.1) is 6.92 Å². The normalized spacial score (nSPS) is 14.7. The van der Waals surface area contributed by atoms with E-state index < -0.39 is 0 Å². The summed E-state index contributed by atoms with van der Waals surface area (Å²) in [4.78, 5) is 43.1. The molecule has 1 aromatic heterocycles. The van der Waals surface area contributed by atoms with Crippen molar-refractivity contribution >= 4 is 34.9 Å². The van der Waals surface area contributed by atoms with Gasteiger partial charge in [0, 0.05) is 20.0 Å². The average molecular weight is 465 g/mol. The van der Waals surface area contributed by atoms with Gasteiger partial charge in [-0.15, -0.1) is 0 Å². The largest absolute Gasteiger partial charge is 0.485 e. The Balaban J connectivity index is 1.33. The van der Waals surface area contributed by atoms with Crippen molar-refractivity contribution in [3.8, 4) is 5.75 Å². The van der Waals surface area contributed by atoms with Crippen LogP contribution in [-0.4, -0.2) is 45.2 Å². The maximum absolute atomic E-state index is 12.7. The van der Waals surface area contributed by atoms with Gasteiger partial charge in [-0.3, -0.25) is 19.3 Å². The molecule has 1 aliphatic heterocycles. The second-order valence-corrected chi connectivity index (χ2v) is 8.01. The number of nitrogens with one attached hydrogen (secondary N) is 1. The summed E-state index contributed by atoms with van der Waals surface area (Å²) in [5.74, 6) is 0.384. The van der Waals surface area contributed by atoms with Gasteiger partial charge in [0.05, 0.1) is 10.5 Å². The molecule has 4 rings (SSSR count). The quantitative estimate of drug-likeness (QED) is 0.505. The second-order valence-electron chi connectivity index (χ2n) is 7.01. The van der Waals surface area contributed by atoms with E-state index in [2.05, 4.69) is 15.5 Å². The molecule has 1 aliphatic rings. The van der Waals surface area contributed by atoms with Crippen LogP contribution in [0.4, 0.5) is 4.79 Å². The molecule has 168 valence electrons. The third-order valence-electron chi connectivity index (χ3n) is 4.65. The van der Waals surface area contributed by atoms with Gasteiger partial charge in [0.1, 0.15) is 5.75 Å². The monoisotopic (exact) mass is 464 g/mol. The Morgan fingerprint density at radius 2 is 1.91 bits per heavy atom. The van der Waals surface area contributed by atoms with Crippen molar-refractivity contribution in [1.29, 1.82) is 0 Å². The van der Waals surface area contributed by atoms with Crippen LogP contribution in [0.5, 0.6) is 5.75 Å². The SMILES string of the molecule is Cc1nc(COc2ccccc2C(=O)NCCN2C(=O)S/C(=C\c3ccccc3)C2=O)no1. The fourth-order valence-electron chi connectivity index (χ4n) is 3.09. The lowest BCUT2D eigenvalue weighted by molar-refractivity contribution is -0.122. The summed E-state index contributed by atoms with van der Waals surface area (Å²) in [6, 6.07) is 16.0. The molecule has 2 heterocycles. The molecule has 0 radical (unpaired) electrons. The number of ether oxygens (including phenoxy) is 1. The predicted molar refractivity (Wildman–Crippen MR) is 121 cm³/mol. The van der Waals surface area contributed by atoms with Gasteiger partial charge >= 0.3 is 0 Å². The van der Waals surface area contributed by atoms with Gasteiger partial charge in [-0.2, -0.15) is 4.98 Å². The van der Waals surface area contributed by atoms with Crippen molar-refractivity contribution < 1.29 is 23.6 Å². The predicted octanol–water partition coefficient (Wildman–Crippen LogP) is 3.42. The van der Waals surface area contributed by atoms with E-state index in [1.807, 2.05) is 30.3 Å². The highest BCUT2D eigenvalue weighted by atomic mass is 32.2. The number of aryl methyl sites for hydroxylation is 1. The zero-order valence-corrected chi connectivity index (χ0v) is 18.5. The molecular formula is C23H20N4O5S. The second kappa shape index (κ2) is 10.1. The van der Waals surface area contributed by atoms with Crippen LogP contribution in [0.1, 0.15) is 27.6 Å². The number of para-hydroxylation sites is 1. The Morgan fingerprint density at radius 3 is 2.67 bits per heavy atom. The first-order valence-electron chi connectivity index (χ1n) is 10.1. The van der Waals surface area contributed by atoms with Gasteiger partial charge in [-0.05, 0) is 35.5 Å². The number of hydrogen-bond acceptors (Lipinski definition) is 8. The van der Waals surface area contributed by atoms with Crippen molar-refractivity contribution in [3.63, 3.8) is 0 Å². The number of aromatic nitrogens is 2. The fraction of sp³-hybridized carbons (Fsp3) is 0.174. The van der Waals surface area contributed by atoms with E-state index in [0.29, 0.717) is 27.9 Å². The van der Waals surface area contributed by atoms with Crippen molar-refractivity contribution in [2.24, 2.45) is 0 Å². The van der Waals surface area contributed by atoms with E-state index in [1.54, 1.807) is 37.3 Å². The van der Waals surface area contributed by atoms with Gasteiger partial charge in [0.2, 0.25) is 11.7 Å². The Bertz CT molecular complexity index is 1210. The molecular weight excluding hydrogens is 444 g/mol. The molecule has 2 aromatic carbocycles. The van der Waals surface area contributed by atoms with Gasteiger partial charge in [-0.1, -0.05) is 47.6 Å². The lowest BCUT2D eigenvalue weighted by atomic mass is 10.2. The molecule has 0 spiro atoms. The van der Waals surface area contributed by atoms with Gasteiger partial charge in [-0.25, -0.2) is 0 Å². The van der Waals surface area contributed by atoms with Crippen LogP contribution in [0.2, 0.25) is 0 Å². The zero-order valence-electron chi connectivity index (χ0n) is 17.7. The van der Waals surface area contributed by atoms with Crippen LogP contribution >= 0.6 is 11.8 Å². The van der Waals surface area contributed by atoms with Crippen LogP contribution in [0.3, 0.4) is 0 Å². The maximum atomic E-state index is 12.7. The lowest BCUT2D eigenvalue weighted by Gasteiger charge is -2.14. The summed E-state index contributed by atoms with van der Waals surface area (Å²) in [6.45, 7) is 1.89. The summed E-state index contributed by atoms with van der Waals surface area (Å²) in [7, 11) is 0. The van der Waals surface area contributed by atoms with Crippen LogP contribution < -0.4 is 10.1 Å². The van der Waals surface area contributed by atoms with Crippen LogP contribution in [0.15, 0.2) is 64.0 Å². The van der Waals surface area contributed by atoms with Gasteiger partial charge in [0.15, 0.2) is 6.61 Å². The molecule has 33 heavy (non-hydrogen) atoms. The molecule has 1 N–H and O–H groups in total. The highest BCUT2D eigenvalue weighted by Crippen LogP contribution is 2.31. The molecule has 3 amide bonds. The summed E-state index contributed by atoms with van der Waals surface area (Å²) < 4.78 is 10.6. The number of hydrogen-bond donors (Lipinski definition) is 1. The third-order valence-corrected chi connectivity index (χ3v) is 5.56. The average Bonchev–Trinajstić information content (AvgIpc) is 3.36. The molecule has 0 saturated carbocycles. The topological polar surface area (TPSA) is 115 Å². The van der Waals surface area contributed by atoms with Crippen molar-refractivity contribution in [2.75, 3.05) is 13.1 Å². The van der Waals surface area contributed by atoms with Gasteiger partial charge in [0.25, 0.3) is 17.1 Å². The highest BCUT2D eigenvalue weighted by Gasteiger charge is 2.34. The molecule has 1 saturated heterocycles. The number of rotatable bonds is 8. The number of carbonyl (C=O) groups excluding carboxylic acids is 3. The Kier molecular flexibility index (Phi) is 6.84. The first kappa shape index (κ1) is 22.3. The number of carbonyl (C=O) groups is 3. The molecule has 1 fully saturated rings. The van der Waals surface area contributed by atoms with Crippen molar-refractivity contribution in [2.45, 2.75) is 13.5 Å². The van der Waals surface area contributed by atoms with Crippen molar-refractivity contribution in [1.82, 2.24) is 20.4 Å². The highest BCUT2D eigenvalue weighted by molar-refractivity contribution is 8.18. The number of nitrogens with zero attached hydrogens (tertiary/aromatic N) is 3. The Morgan fingerprint density at radius 1 is 1.15 bits per heavy atom. The molecule has 0 atom stereocenters. The zero-order chi connectivity index (χ0) is 23.2.